The number of ether oxygens (including phenoxy) is 1. The number of rotatable bonds is 4. The number of cyclic esters (lactones) is 1. The summed E-state index contributed by atoms with van der Waals surface area (Å²) in [5.74, 6) is -0.190. The van der Waals surface area contributed by atoms with Crippen LogP contribution in [-0.4, -0.2) is 41.4 Å². The van der Waals surface area contributed by atoms with E-state index in [1.165, 1.54) is 13.0 Å². The van der Waals surface area contributed by atoms with Gasteiger partial charge in [0.05, 0.1) is 30.0 Å². The summed E-state index contributed by atoms with van der Waals surface area (Å²) in [5, 5.41) is 10.1. The molecule has 2 aliphatic rings. The molecule has 0 bridgehead atoms. The lowest BCUT2D eigenvalue weighted by atomic mass is 9.98. The van der Waals surface area contributed by atoms with Gasteiger partial charge in [0.15, 0.2) is 0 Å². The number of H-pyrrole nitrogens is 1. The highest BCUT2D eigenvalue weighted by atomic mass is 19.4. The summed E-state index contributed by atoms with van der Waals surface area (Å²) in [6.45, 7) is 1.98. The number of anilines is 1. The Morgan fingerprint density at radius 2 is 2.06 bits per heavy atom. The fourth-order valence-electron chi connectivity index (χ4n) is 4.66. The van der Waals surface area contributed by atoms with Crippen LogP contribution in [0.5, 0.6) is 0 Å². The summed E-state index contributed by atoms with van der Waals surface area (Å²) in [4.78, 5) is 25.1. The van der Waals surface area contributed by atoms with E-state index in [1.54, 1.807) is 11.0 Å². The van der Waals surface area contributed by atoms with E-state index < -0.39 is 23.9 Å². The summed E-state index contributed by atoms with van der Waals surface area (Å²) in [6.07, 6.45) is -3.14. The van der Waals surface area contributed by atoms with Crippen molar-refractivity contribution in [2.45, 2.75) is 38.5 Å². The zero-order chi connectivity index (χ0) is 24.7. The van der Waals surface area contributed by atoms with Gasteiger partial charge in [-0.2, -0.15) is 18.3 Å². The summed E-state index contributed by atoms with van der Waals surface area (Å²) in [7, 11) is 0. The molecule has 0 spiro atoms. The maximum atomic E-state index is 13.2. The number of carbonyl (C=O) groups excluding carboxylic acids is 2. The first kappa shape index (κ1) is 22.9. The van der Waals surface area contributed by atoms with Crippen molar-refractivity contribution in [1.82, 2.24) is 15.5 Å². The number of hydrogen-bond donors (Lipinski definition) is 2. The van der Waals surface area contributed by atoms with Crippen molar-refractivity contribution in [1.29, 1.82) is 0 Å². The van der Waals surface area contributed by atoms with E-state index in [-0.39, 0.29) is 12.5 Å². The third kappa shape index (κ3) is 4.48. The second-order valence-electron chi connectivity index (χ2n) is 8.75. The minimum absolute atomic E-state index is 0.190. The van der Waals surface area contributed by atoms with Crippen LogP contribution in [0.25, 0.3) is 22.5 Å². The molecule has 0 saturated carbocycles. The first-order chi connectivity index (χ1) is 16.7. The van der Waals surface area contributed by atoms with Gasteiger partial charge in [0.1, 0.15) is 6.10 Å². The first-order valence-corrected chi connectivity index (χ1v) is 11.3. The van der Waals surface area contributed by atoms with Crippen LogP contribution in [0, 0.1) is 0 Å². The van der Waals surface area contributed by atoms with Crippen LogP contribution in [0.3, 0.4) is 0 Å². The number of aromatic amines is 1. The van der Waals surface area contributed by atoms with Crippen LogP contribution < -0.4 is 10.2 Å². The van der Waals surface area contributed by atoms with Gasteiger partial charge >= 0.3 is 12.3 Å². The summed E-state index contributed by atoms with van der Waals surface area (Å²) in [6, 6.07) is 10.9. The summed E-state index contributed by atoms with van der Waals surface area (Å²) < 4.78 is 45.0. The van der Waals surface area contributed by atoms with Crippen molar-refractivity contribution >= 4 is 17.7 Å². The topological polar surface area (TPSA) is 87.3 Å². The maximum Gasteiger partial charge on any atom is 0.416 e. The van der Waals surface area contributed by atoms with Crippen LogP contribution >= 0.6 is 0 Å². The standard InChI is InChI=1S/C25H23F3N4O3/c1-14(33)29-12-19-13-32(24(34)35-19)18-8-9-20-15(11-18)4-3-7-21-22(30-31-23(20)21)16-5-2-6-17(10-16)25(26,27)28/h2,5-6,8-11,19H,3-4,7,12-13H2,1H3,(H,29,33)(H,30,31). The number of benzene rings is 2. The molecule has 1 atom stereocenters. The minimum atomic E-state index is -4.43. The number of alkyl halides is 3. The largest absolute Gasteiger partial charge is 0.442 e. The average Bonchev–Trinajstić information content (AvgIpc) is 3.35. The van der Waals surface area contributed by atoms with Gasteiger partial charge in [0.2, 0.25) is 5.91 Å². The smallest absolute Gasteiger partial charge is 0.416 e. The predicted octanol–water partition coefficient (Wildman–Crippen LogP) is 4.71. The van der Waals surface area contributed by atoms with Gasteiger partial charge in [-0.25, -0.2) is 4.79 Å². The molecule has 1 saturated heterocycles. The summed E-state index contributed by atoms with van der Waals surface area (Å²) >= 11 is 0. The number of aromatic nitrogens is 2. The molecule has 2 heterocycles. The molecule has 0 radical (unpaired) electrons. The highest BCUT2D eigenvalue weighted by molar-refractivity contribution is 5.91. The minimum Gasteiger partial charge on any atom is -0.442 e. The molecule has 1 aliphatic carbocycles. The van der Waals surface area contributed by atoms with Crippen molar-refractivity contribution in [2.75, 3.05) is 18.0 Å². The molecule has 5 rings (SSSR count). The van der Waals surface area contributed by atoms with Gasteiger partial charge < -0.3 is 10.1 Å². The van der Waals surface area contributed by atoms with E-state index in [2.05, 4.69) is 15.5 Å². The monoisotopic (exact) mass is 484 g/mol. The summed E-state index contributed by atoms with van der Waals surface area (Å²) in [5.41, 5.74) is 4.51. The SMILES string of the molecule is CC(=O)NCC1CN(c2ccc3c(c2)CCCc2c(-c4cccc(C(F)(F)F)c4)n[nH]c2-3)C(=O)O1. The molecule has 2 aromatic carbocycles. The number of amides is 2. The molecule has 35 heavy (non-hydrogen) atoms. The van der Waals surface area contributed by atoms with E-state index in [0.29, 0.717) is 29.9 Å². The molecular weight excluding hydrogens is 461 g/mol. The Morgan fingerprint density at radius 3 is 2.83 bits per heavy atom. The molecule has 1 fully saturated rings. The normalized spacial score (nSPS) is 17.4. The molecule has 2 amide bonds. The zero-order valence-corrected chi connectivity index (χ0v) is 18.9. The Morgan fingerprint density at radius 1 is 1.23 bits per heavy atom. The Balaban J connectivity index is 1.44. The zero-order valence-electron chi connectivity index (χ0n) is 18.9. The van der Waals surface area contributed by atoms with Crippen LogP contribution in [0.4, 0.5) is 23.7 Å². The number of nitrogens with zero attached hydrogens (tertiary/aromatic N) is 2. The lowest BCUT2D eigenvalue weighted by Gasteiger charge is -2.16. The van der Waals surface area contributed by atoms with Gasteiger partial charge in [0, 0.05) is 29.3 Å². The average molecular weight is 484 g/mol. The van der Waals surface area contributed by atoms with Gasteiger partial charge in [-0.05, 0) is 49.1 Å². The van der Waals surface area contributed by atoms with Gasteiger partial charge in [-0.3, -0.25) is 14.8 Å². The van der Waals surface area contributed by atoms with Gasteiger partial charge in [-0.1, -0.05) is 18.2 Å². The Bertz CT molecular complexity index is 1300. The lowest BCUT2D eigenvalue weighted by molar-refractivity contribution is -0.137. The predicted molar refractivity (Wildman–Crippen MR) is 123 cm³/mol. The number of hydrogen-bond acceptors (Lipinski definition) is 4. The fourth-order valence-corrected chi connectivity index (χ4v) is 4.66. The van der Waals surface area contributed by atoms with Crippen LogP contribution in [-0.2, 0) is 28.5 Å². The van der Waals surface area contributed by atoms with Crippen LogP contribution in [0.15, 0.2) is 42.5 Å². The van der Waals surface area contributed by atoms with Crippen molar-refractivity contribution in [3.63, 3.8) is 0 Å². The third-order valence-corrected chi connectivity index (χ3v) is 6.33. The quantitative estimate of drug-likeness (QED) is 0.562. The molecule has 2 N–H and O–H groups in total. The maximum absolute atomic E-state index is 13.2. The van der Waals surface area contributed by atoms with Crippen molar-refractivity contribution in [3.05, 3.63) is 59.2 Å². The number of fused-ring (bicyclic) bond motifs is 3. The second-order valence-corrected chi connectivity index (χ2v) is 8.75. The van der Waals surface area contributed by atoms with Crippen molar-refractivity contribution in [2.24, 2.45) is 0 Å². The van der Waals surface area contributed by atoms with E-state index in [4.69, 9.17) is 4.74 Å². The Hall–Kier alpha value is -3.82. The Labute approximate surface area is 199 Å². The molecular formula is C25H23F3N4O3. The third-order valence-electron chi connectivity index (χ3n) is 6.33. The van der Waals surface area contributed by atoms with Gasteiger partial charge in [-0.15, -0.1) is 0 Å². The molecule has 7 nitrogen and oxygen atoms in total. The number of halogens is 3. The fraction of sp³-hybridized carbons (Fsp3) is 0.320. The van der Waals surface area contributed by atoms with E-state index in [0.717, 1.165) is 47.4 Å². The first-order valence-electron chi connectivity index (χ1n) is 11.3. The number of nitrogens with one attached hydrogen (secondary N) is 2. The van der Waals surface area contributed by atoms with Crippen molar-refractivity contribution < 1.29 is 27.5 Å². The van der Waals surface area contributed by atoms with Gasteiger partial charge in [0.25, 0.3) is 0 Å². The van der Waals surface area contributed by atoms with Crippen molar-refractivity contribution in [3.8, 4) is 22.5 Å². The lowest BCUT2D eigenvalue weighted by Crippen LogP contribution is -2.33. The Kier molecular flexibility index (Phi) is 5.74. The molecule has 182 valence electrons. The molecule has 1 unspecified atom stereocenters. The van der Waals surface area contributed by atoms with Crippen LogP contribution in [0.1, 0.15) is 30.0 Å². The van der Waals surface area contributed by atoms with E-state index in [9.17, 15) is 22.8 Å². The number of carbonyl (C=O) groups is 2. The number of aryl methyl sites for hydroxylation is 1. The van der Waals surface area contributed by atoms with E-state index in [1.807, 2.05) is 18.2 Å². The van der Waals surface area contributed by atoms with E-state index >= 15 is 0 Å². The van der Waals surface area contributed by atoms with Crippen LogP contribution in [0.2, 0.25) is 0 Å². The highest BCUT2D eigenvalue weighted by Crippen LogP contribution is 2.39. The molecule has 1 aromatic heterocycles. The highest BCUT2D eigenvalue weighted by Gasteiger charge is 2.34. The molecule has 3 aromatic rings. The molecule has 10 heteroatoms. The molecule has 1 aliphatic heterocycles. The second kappa shape index (κ2) is 8.75.